The van der Waals surface area contributed by atoms with Crippen molar-refractivity contribution in [3.05, 3.63) is 12.2 Å². The van der Waals surface area contributed by atoms with Crippen molar-refractivity contribution in [1.82, 2.24) is 0 Å². The smallest absolute Gasteiger partial charge is 0.333 e. The summed E-state index contributed by atoms with van der Waals surface area (Å²) < 4.78 is 26.7. The third-order valence-electron chi connectivity index (χ3n) is 3.48. The molecule has 0 aliphatic carbocycles. The fraction of sp³-hybridized carbons (Fsp3) is 0.800. The quantitative estimate of drug-likeness (QED) is 0.354. The monoisotopic (exact) mass is 336 g/mol. The number of rotatable bonds is 11. The molecule has 1 N–H and O–H groups in total. The Kier molecular flexibility index (Phi) is 9.16. The van der Waals surface area contributed by atoms with Crippen molar-refractivity contribution in [2.45, 2.75) is 65.1 Å². The van der Waals surface area contributed by atoms with Gasteiger partial charge in [0.2, 0.25) is 0 Å². The van der Waals surface area contributed by atoms with Crippen LogP contribution in [0.5, 0.6) is 0 Å². The lowest BCUT2D eigenvalue weighted by atomic mass is 9.99. The van der Waals surface area contributed by atoms with Crippen LogP contribution in [0, 0.1) is 0 Å². The molecule has 7 heteroatoms. The van der Waals surface area contributed by atoms with Gasteiger partial charge in [0.15, 0.2) is 0 Å². The van der Waals surface area contributed by atoms with Crippen LogP contribution in [0.3, 0.4) is 0 Å². The van der Waals surface area contributed by atoms with E-state index in [2.05, 4.69) is 6.58 Å². The van der Waals surface area contributed by atoms with E-state index in [0.29, 0.717) is 25.0 Å². The minimum atomic E-state index is -2.96. The van der Waals surface area contributed by atoms with E-state index in [0.717, 1.165) is 6.42 Å². The van der Waals surface area contributed by atoms with Gasteiger partial charge in [-0.05, 0) is 40.5 Å². The van der Waals surface area contributed by atoms with Crippen LogP contribution in [0.2, 0.25) is 0 Å². The van der Waals surface area contributed by atoms with Gasteiger partial charge in [-0.1, -0.05) is 13.5 Å². The minimum Gasteiger partial charge on any atom is -0.462 e. The number of carbonyl (C=O) groups excluding carboxylic acids is 1. The summed E-state index contributed by atoms with van der Waals surface area (Å²) in [5.41, 5.74) is -0.765. The number of esters is 1. The average Bonchev–Trinajstić information content (AvgIpc) is 2.36. The first kappa shape index (κ1) is 21.3. The van der Waals surface area contributed by atoms with E-state index in [1.165, 1.54) is 0 Å². The van der Waals surface area contributed by atoms with Crippen LogP contribution >= 0.6 is 8.25 Å². The molecule has 22 heavy (non-hydrogen) atoms. The van der Waals surface area contributed by atoms with Gasteiger partial charge in [0.1, 0.15) is 0 Å². The largest absolute Gasteiger partial charge is 0.462 e. The lowest BCUT2D eigenvalue weighted by Crippen LogP contribution is -2.33. The summed E-state index contributed by atoms with van der Waals surface area (Å²) in [4.78, 5) is 20.2. The van der Waals surface area contributed by atoms with E-state index in [9.17, 15) is 9.36 Å². The molecule has 0 aromatic rings. The summed E-state index contributed by atoms with van der Waals surface area (Å²) >= 11 is 0. The SMILES string of the molecule is C=C(C)C(=O)OCCC(C)(CC)OCCC(C)(C)O[PH](=O)O. The average molecular weight is 336 g/mol. The fourth-order valence-corrected chi connectivity index (χ4v) is 2.24. The Hall–Kier alpha value is -0.680. The van der Waals surface area contributed by atoms with Gasteiger partial charge < -0.3 is 18.9 Å². The Morgan fingerprint density at radius 3 is 2.27 bits per heavy atom. The van der Waals surface area contributed by atoms with Crippen molar-refractivity contribution in [3.63, 3.8) is 0 Å². The van der Waals surface area contributed by atoms with Crippen LogP contribution in [0.15, 0.2) is 12.2 Å². The van der Waals surface area contributed by atoms with Gasteiger partial charge in [-0.2, -0.15) is 0 Å². The van der Waals surface area contributed by atoms with Crippen LogP contribution in [-0.2, 0) is 23.4 Å². The Labute approximate surface area is 133 Å². The number of hydrogen-bond acceptors (Lipinski definition) is 5. The van der Waals surface area contributed by atoms with Crippen molar-refractivity contribution in [1.29, 1.82) is 0 Å². The lowest BCUT2D eigenvalue weighted by molar-refractivity contribution is -0.141. The molecule has 0 rings (SSSR count). The second-order valence-electron chi connectivity index (χ2n) is 6.20. The minimum absolute atomic E-state index is 0.264. The van der Waals surface area contributed by atoms with E-state index < -0.39 is 25.4 Å². The summed E-state index contributed by atoms with van der Waals surface area (Å²) in [5, 5.41) is 0. The van der Waals surface area contributed by atoms with Gasteiger partial charge >= 0.3 is 14.2 Å². The molecule has 0 fully saturated rings. The van der Waals surface area contributed by atoms with E-state index in [4.69, 9.17) is 18.9 Å². The molecule has 130 valence electrons. The Balaban J connectivity index is 4.25. The number of ether oxygens (including phenoxy) is 2. The zero-order valence-corrected chi connectivity index (χ0v) is 15.2. The highest BCUT2D eigenvalue weighted by molar-refractivity contribution is 7.32. The highest BCUT2D eigenvalue weighted by Crippen LogP contribution is 2.29. The zero-order valence-electron chi connectivity index (χ0n) is 14.2. The first-order chi connectivity index (χ1) is 10.0. The van der Waals surface area contributed by atoms with Gasteiger partial charge in [0.05, 0.1) is 24.4 Å². The van der Waals surface area contributed by atoms with E-state index in [1.54, 1.807) is 20.8 Å². The van der Waals surface area contributed by atoms with Gasteiger partial charge in [-0.25, -0.2) is 4.79 Å². The van der Waals surface area contributed by atoms with Crippen molar-refractivity contribution in [2.24, 2.45) is 0 Å². The molecule has 0 aromatic heterocycles. The van der Waals surface area contributed by atoms with Crippen molar-refractivity contribution in [3.8, 4) is 0 Å². The summed E-state index contributed by atoms with van der Waals surface area (Å²) in [6.07, 6.45) is 1.82. The molecule has 0 heterocycles. The van der Waals surface area contributed by atoms with Crippen molar-refractivity contribution >= 4 is 14.2 Å². The van der Waals surface area contributed by atoms with Crippen LogP contribution < -0.4 is 0 Å². The standard InChI is InChI=1S/C15H29O6P/c1-7-15(6,9-10-19-13(16)12(2)3)20-11-8-14(4,5)21-22(17)18/h22H,2,7-11H2,1,3-6H3,(H,17,18). The second kappa shape index (κ2) is 9.46. The molecule has 0 amide bonds. The normalized spacial score (nSPS) is 15.9. The van der Waals surface area contributed by atoms with Crippen molar-refractivity contribution in [2.75, 3.05) is 13.2 Å². The Morgan fingerprint density at radius 1 is 1.23 bits per heavy atom. The number of carbonyl (C=O) groups is 1. The Morgan fingerprint density at radius 2 is 1.82 bits per heavy atom. The van der Waals surface area contributed by atoms with E-state index in [-0.39, 0.29) is 6.61 Å². The number of hydrogen-bond donors (Lipinski definition) is 1. The maximum Gasteiger partial charge on any atom is 0.333 e. The van der Waals surface area contributed by atoms with Gasteiger partial charge in [0.25, 0.3) is 0 Å². The van der Waals surface area contributed by atoms with E-state index >= 15 is 0 Å². The first-order valence-corrected chi connectivity index (χ1v) is 8.66. The van der Waals surface area contributed by atoms with Gasteiger partial charge in [-0.15, -0.1) is 0 Å². The van der Waals surface area contributed by atoms with Crippen LogP contribution in [0.25, 0.3) is 0 Å². The summed E-state index contributed by atoms with van der Waals surface area (Å²) in [6.45, 7) is 13.2. The molecule has 2 atom stereocenters. The van der Waals surface area contributed by atoms with Crippen molar-refractivity contribution < 1.29 is 28.3 Å². The molecule has 6 nitrogen and oxygen atoms in total. The molecule has 0 bridgehead atoms. The molecular formula is C15H29O6P. The predicted octanol–water partition coefficient (Wildman–Crippen LogP) is 3.25. The second-order valence-corrected chi connectivity index (χ2v) is 6.93. The summed E-state index contributed by atoms with van der Waals surface area (Å²) in [7, 11) is -2.96. The maximum absolute atomic E-state index is 11.3. The Bertz CT molecular complexity index is 407. The van der Waals surface area contributed by atoms with Crippen LogP contribution in [0.1, 0.15) is 53.9 Å². The summed E-state index contributed by atoms with van der Waals surface area (Å²) in [5.74, 6) is -0.402. The topological polar surface area (TPSA) is 82.1 Å². The van der Waals surface area contributed by atoms with Gasteiger partial charge in [0, 0.05) is 12.0 Å². The zero-order chi connectivity index (χ0) is 17.4. The predicted molar refractivity (Wildman–Crippen MR) is 86.0 cm³/mol. The molecule has 0 saturated carbocycles. The first-order valence-electron chi connectivity index (χ1n) is 7.40. The molecule has 0 radical (unpaired) electrons. The lowest BCUT2D eigenvalue weighted by Gasteiger charge is -2.31. The molecule has 2 unspecified atom stereocenters. The fourth-order valence-electron chi connectivity index (χ4n) is 1.66. The third-order valence-corrected chi connectivity index (χ3v) is 4.21. The molecule has 0 aliphatic heterocycles. The maximum atomic E-state index is 11.3. The molecule has 0 aromatic carbocycles. The van der Waals surface area contributed by atoms with E-state index in [1.807, 2.05) is 13.8 Å². The summed E-state index contributed by atoms with van der Waals surface area (Å²) in [6, 6.07) is 0. The molecule has 0 saturated heterocycles. The third kappa shape index (κ3) is 9.36. The molecular weight excluding hydrogens is 307 g/mol. The highest BCUT2D eigenvalue weighted by Gasteiger charge is 2.26. The molecule has 0 spiro atoms. The van der Waals surface area contributed by atoms with Crippen LogP contribution in [-0.4, -0.2) is 35.3 Å². The van der Waals surface area contributed by atoms with Crippen LogP contribution in [0.4, 0.5) is 0 Å². The highest BCUT2D eigenvalue weighted by atomic mass is 31.1. The molecule has 0 aliphatic rings. The van der Waals surface area contributed by atoms with Gasteiger partial charge in [-0.3, -0.25) is 4.57 Å².